The highest BCUT2D eigenvalue weighted by atomic mass is 16.5. The van der Waals surface area contributed by atoms with Crippen molar-refractivity contribution in [1.29, 1.82) is 0 Å². The van der Waals surface area contributed by atoms with Gasteiger partial charge in [-0.1, -0.05) is 30.3 Å². The SMILES string of the molecule is CC1(C)C(=O)N(C2C3CC4CC5CC2CC45C3)N1C(=O)COCc1ccccc1. The highest BCUT2D eigenvalue weighted by molar-refractivity contribution is 5.98. The van der Waals surface area contributed by atoms with E-state index in [0.717, 1.165) is 17.4 Å². The van der Waals surface area contributed by atoms with Gasteiger partial charge in [0.1, 0.15) is 12.1 Å². The number of carbonyl (C=O) groups is 2. The van der Waals surface area contributed by atoms with Crippen LogP contribution in [0.3, 0.4) is 0 Å². The summed E-state index contributed by atoms with van der Waals surface area (Å²) in [6.07, 6.45) is 6.48. The average Bonchev–Trinajstić information content (AvgIpc) is 3.07. The highest BCUT2D eigenvalue weighted by Crippen LogP contribution is 2.76. The molecule has 1 aromatic rings. The molecule has 4 saturated carbocycles. The molecule has 1 aromatic carbocycles. The molecule has 3 bridgehead atoms. The summed E-state index contributed by atoms with van der Waals surface area (Å²) in [5.74, 6) is 2.94. The van der Waals surface area contributed by atoms with E-state index in [9.17, 15) is 9.59 Å². The molecule has 0 N–H and O–H groups in total. The van der Waals surface area contributed by atoms with Gasteiger partial charge in [0, 0.05) is 0 Å². The third kappa shape index (κ3) is 2.25. The molecule has 0 aromatic heterocycles. The van der Waals surface area contributed by atoms with Crippen LogP contribution in [0, 0.1) is 29.1 Å². The maximum absolute atomic E-state index is 13.1. The molecule has 154 valence electrons. The summed E-state index contributed by atoms with van der Waals surface area (Å²) in [6, 6.07) is 10.1. The largest absolute Gasteiger partial charge is 0.367 e. The van der Waals surface area contributed by atoms with Gasteiger partial charge < -0.3 is 4.74 Å². The highest BCUT2D eigenvalue weighted by Gasteiger charge is 2.72. The van der Waals surface area contributed by atoms with Crippen LogP contribution >= 0.6 is 0 Å². The van der Waals surface area contributed by atoms with E-state index >= 15 is 0 Å². The Bertz CT molecular complexity index is 842. The van der Waals surface area contributed by atoms with Gasteiger partial charge in [0.2, 0.25) is 0 Å². The minimum atomic E-state index is -0.762. The van der Waals surface area contributed by atoms with Crippen molar-refractivity contribution >= 4 is 11.8 Å². The number of fused-ring (bicyclic) bond motifs is 2. The van der Waals surface area contributed by atoms with Crippen molar-refractivity contribution in [3.8, 4) is 0 Å². The van der Waals surface area contributed by atoms with Crippen LogP contribution in [0.25, 0.3) is 0 Å². The maximum Gasteiger partial charge on any atom is 0.268 e. The molecule has 1 saturated heterocycles. The summed E-state index contributed by atoms with van der Waals surface area (Å²) < 4.78 is 5.72. The van der Waals surface area contributed by atoms with E-state index in [-0.39, 0.29) is 24.5 Å². The Balaban J connectivity index is 1.18. The number of hydrazine groups is 1. The van der Waals surface area contributed by atoms with Crippen molar-refractivity contribution in [3.63, 3.8) is 0 Å². The van der Waals surface area contributed by atoms with Crippen LogP contribution in [0.2, 0.25) is 0 Å². The Labute approximate surface area is 172 Å². The van der Waals surface area contributed by atoms with E-state index in [1.807, 2.05) is 49.2 Å². The topological polar surface area (TPSA) is 49.9 Å². The van der Waals surface area contributed by atoms with Crippen molar-refractivity contribution in [1.82, 2.24) is 10.0 Å². The first-order valence-electron chi connectivity index (χ1n) is 11.2. The molecule has 1 heterocycles. The third-order valence-corrected chi connectivity index (χ3v) is 8.95. The fourth-order valence-corrected chi connectivity index (χ4v) is 7.85. The van der Waals surface area contributed by atoms with Gasteiger partial charge in [-0.3, -0.25) is 9.59 Å². The van der Waals surface area contributed by atoms with E-state index in [1.54, 1.807) is 5.01 Å². The fraction of sp³-hybridized carbons (Fsp3) is 0.667. The zero-order valence-electron chi connectivity index (χ0n) is 17.3. The van der Waals surface area contributed by atoms with Gasteiger partial charge in [0.25, 0.3) is 11.8 Å². The molecule has 6 rings (SSSR count). The standard InChI is InChI=1S/C24H30N2O3/c1-23(2)22(28)25(26(23)20(27)14-29-13-15-6-4-3-5-7-15)21-16-8-18-10-19-9-17(21)12-24(18,19)11-16/h3-7,16-19,21H,8-14H2,1-2H3. The van der Waals surface area contributed by atoms with Crippen LogP contribution in [-0.2, 0) is 20.9 Å². The Hall–Kier alpha value is -1.88. The predicted molar refractivity (Wildman–Crippen MR) is 107 cm³/mol. The molecule has 2 amide bonds. The summed E-state index contributed by atoms with van der Waals surface area (Å²) in [5.41, 5.74) is 0.904. The van der Waals surface area contributed by atoms with Crippen molar-refractivity contribution in [2.75, 3.05) is 6.61 Å². The van der Waals surface area contributed by atoms with Crippen molar-refractivity contribution in [2.45, 2.75) is 64.1 Å². The molecule has 5 aliphatic rings. The summed E-state index contributed by atoms with van der Waals surface area (Å²) in [5, 5.41) is 3.60. The van der Waals surface area contributed by atoms with Gasteiger partial charge in [-0.2, -0.15) is 0 Å². The minimum absolute atomic E-state index is 0.0132. The zero-order chi connectivity index (χ0) is 20.0. The lowest BCUT2D eigenvalue weighted by Gasteiger charge is -2.60. The molecule has 5 fully saturated rings. The molecular weight excluding hydrogens is 364 g/mol. The number of hydrogen-bond donors (Lipinski definition) is 0. The van der Waals surface area contributed by atoms with Gasteiger partial charge in [-0.15, -0.1) is 0 Å². The van der Waals surface area contributed by atoms with E-state index in [0.29, 0.717) is 23.9 Å². The summed E-state index contributed by atoms with van der Waals surface area (Å²) >= 11 is 0. The van der Waals surface area contributed by atoms with Crippen molar-refractivity contribution < 1.29 is 14.3 Å². The number of benzene rings is 1. The van der Waals surface area contributed by atoms with Gasteiger partial charge in [0.05, 0.1) is 12.6 Å². The first-order chi connectivity index (χ1) is 13.9. The predicted octanol–water partition coefficient (Wildman–Crippen LogP) is 3.39. The zero-order valence-corrected chi connectivity index (χ0v) is 17.3. The third-order valence-electron chi connectivity index (χ3n) is 8.95. The number of hydrogen-bond acceptors (Lipinski definition) is 3. The van der Waals surface area contributed by atoms with E-state index in [1.165, 1.54) is 32.1 Å². The second kappa shape index (κ2) is 5.84. The number of carbonyl (C=O) groups excluding carboxylic acids is 2. The van der Waals surface area contributed by atoms with Gasteiger partial charge >= 0.3 is 0 Å². The quantitative estimate of drug-likeness (QED) is 0.769. The molecule has 4 atom stereocenters. The number of amides is 2. The van der Waals surface area contributed by atoms with E-state index in [2.05, 4.69) is 0 Å². The molecule has 5 heteroatoms. The Morgan fingerprint density at radius 3 is 2.38 bits per heavy atom. The number of nitrogens with zero attached hydrogens (tertiary/aromatic N) is 2. The Kier molecular flexibility index (Phi) is 3.61. The summed E-state index contributed by atoms with van der Waals surface area (Å²) in [7, 11) is 0. The lowest BCUT2D eigenvalue weighted by atomic mass is 9.56. The van der Waals surface area contributed by atoms with Crippen LogP contribution in [0.15, 0.2) is 30.3 Å². The fourth-order valence-electron chi connectivity index (χ4n) is 7.85. The summed E-state index contributed by atoms with van der Waals surface area (Å²) in [6.45, 7) is 4.17. The van der Waals surface area contributed by atoms with Crippen LogP contribution in [-0.4, -0.2) is 40.0 Å². The van der Waals surface area contributed by atoms with Gasteiger partial charge in [-0.05, 0) is 80.6 Å². The van der Waals surface area contributed by atoms with Crippen molar-refractivity contribution in [3.05, 3.63) is 35.9 Å². The molecular formula is C24H30N2O3. The normalized spacial score (nSPS) is 40.6. The average molecular weight is 395 g/mol. The molecule has 0 radical (unpaired) electrons. The van der Waals surface area contributed by atoms with E-state index in [4.69, 9.17) is 4.74 Å². The number of rotatable bonds is 5. The lowest BCUT2D eigenvalue weighted by Crippen LogP contribution is -2.80. The minimum Gasteiger partial charge on any atom is -0.367 e. The van der Waals surface area contributed by atoms with Crippen LogP contribution in [0.5, 0.6) is 0 Å². The lowest BCUT2D eigenvalue weighted by molar-refractivity contribution is -0.236. The monoisotopic (exact) mass is 394 g/mol. The second-order valence-electron chi connectivity index (χ2n) is 10.6. The molecule has 1 spiro atoms. The van der Waals surface area contributed by atoms with Crippen LogP contribution in [0.1, 0.15) is 51.5 Å². The smallest absolute Gasteiger partial charge is 0.268 e. The Morgan fingerprint density at radius 1 is 1.07 bits per heavy atom. The molecule has 1 aliphatic heterocycles. The van der Waals surface area contributed by atoms with Gasteiger partial charge in [-0.25, -0.2) is 10.0 Å². The first kappa shape index (κ1) is 17.9. The molecule has 5 nitrogen and oxygen atoms in total. The maximum atomic E-state index is 13.1. The molecule has 4 aliphatic carbocycles. The number of ether oxygens (including phenoxy) is 1. The van der Waals surface area contributed by atoms with Gasteiger partial charge in [0.15, 0.2) is 0 Å². The van der Waals surface area contributed by atoms with Crippen LogP contribution in [0.4, 0.5) is 0 Å². The molecule has 4 unspecified atom stereocenters. The van der Waals surface area contributed by atoms with Crippen LogP contribution < -0.4 is 0 Å². The second-order valence-corrected chi connectivity index (χ2v) is 10.6. The van der Waals surface area contributed by atoms with Crippen molar-refractivity contribution in [2.24, 2.45) is 29.1 Å². The first-order valence-corrected chi connectivity index (χ1v) is 11.2. The summed E-state index contributed by atoms with van der Waals surface area (Å²) in [4.78, 5) is 26.2. The van der Waals surface area contributed by atoms with E-state index < -0.39 is 5.54 Å². The Morgan fingerprint density at radius 2 is 1.72 bits per heavy atom. The molecule has 29 heavy (non-hydrogen) atoms.